The molecule has 0 aliphatic carbocycles. The highest BCUT2D eigenvalue weighted by molar-refractivity contribution is 6.26. The summed E-state index contributed by atoms with van der Waals surface area (Å²) in [6.45, 7) is 0. The molecule has 0 aliphatic heterocycles. The van der Waals surface area contributed by atoms with Crippen molar-refractivity contribution in [3.05, 3.63) is 218 Å². The molecule has 0 unspecified atom stereocenters. The molecule has 12 rings (SSSR count). The number of anilines is 6. The van der Waals surface area contributed by atoms with E-state index in [0.717, 1.165) is 105 Å². The zero-order valence-corrected chi connectivity index (χ0v) is 32.5. The summed E-state index contributed by atoms with van der Waals surface area (Å²) in [5, 5.41) is 8.83. The summed E-state index contributed by atoms with van der Waals surface area (Å²) in [6.07, 6.45) is 0. The highest BCUT2D eigenvalue weighted by atomic mass is 16.3. The Kier molecular flexibility index (Phi) is 7.82. The zero-order chi connectivity index (χ0) is 39.6. The molecule has 282 valence electrons. The maximum Gasteiger partial charge on any atom is 0.143 e. The van der Waals surface area contributed by atoms with Crippen molar-refractivity contribution in [3.8, 4) is 11.1 Å². The third kappa shape index (κ3) is 5.46. The van der Waals surface area contributed by atoms with Gasteiger partial charge >= 0.3 is 0 Å². The van der Waals surface area contributed by atoms with E-state index in [-0.39, 0.29) is 0 Å². The Morgan fingerprint density at radius 2 is 0.800 bits per heavy atom. The van der Waals surface area contributed by atoms with Gasteiger partial charge in [-0.2, -0.15) is 0 Å². The van der Waals surface area contributed by atoms with Crippen LogP contribution in [0.4, 0.5) is 34.1 Å². The number of hydrogen-bond acceptors (Lipinski definition) is 4. The second-order valence-corrected chi connectivity index (χ2v) is 15.3. The lowest BCUT2D eigenvalue weighted by Crippen LogP contribution is -2.10. The number of para-hydroxylation sites is 3. The summed E-state index contributed by atoms with van der Waals surface area (Å²) in [6, 6.07) is 77.2. The van der Waals surface area contributed by atoms with Gasteiger partial charge in [-0.15, -0.1) is 0 Å². The SMILES string of the molecule is c1ccc(-c2cccc(N(c3ccc4c(c3)oc3ccccc34)c3cccc4c3ccc3c4oc4cc(N(c5ccccc5)c5ccccc5)c5ccccc5c43)c2)cc1. The van der Waals surface area contributed by atoms with Crippen LogP contribution in [0.25, 0.3) is 76.5 Å². The van der Waals surface area contributed by atoms with E-state index in [1.807, 2.05) is 12.1 Å². The Balaban J connectivity index is 1.09. The number of benzene rings is 10. The number of hydrogen-bond donors (Lipinski definition) is 0. The maximum absolute atomic E-state index is 7.09. The molecular formula is C56H36N2O2. The van der Waals surface area contributed by atoms with E-state index >= 15 is 0 Å². The van der Waals surface area contributed by atoms with Gasteiger partial charge in [-0.1, -0.05) is 140 Å². The second kappa shape index (κ2) is 13.8. The van der Waals surface area contributed by atoms with E-state index in [1.165, 1.54) is 5.56 Å². The summed E-state index contributed by atoms with van der Waals surface area (Å²) < 4.78 is 13.6. The second-order valence-electron chi connectivity index (χ2n) is 15.3. The van der Waals surface area contributed by atoms with E-state index in [0.29, 0.717) is 0 Å². The molecule has 0 radical (unpaired) electrons. The van der Waals surface area contributed by atoms with Gasteiger partial charge in [0.1, 0.15) is 22.3 Å². The quantitative estimate of drug-likeness (QED) is 0.162. The van der Waals surface area contributed by atoms with Crippen LogP contribution in [0.3, 0.4) is 0 Å². The molecule has 0 N–H and O–H groups in total. The molecule has 2 heterocycles. The molecule has 4 heteroatoms. The van der Waals surface area contributed by atoms with Gasteiger partial charge in [-0.3, -0.25) is 0 Å². The van der Waals surface area contributed by atoms with Crippen LogP contribution >= 0.6 is 0 Å². The molecular weight excluding hydrogens is 733 g/mol. The Bertz CT molecular complexity index is 3510. The summed E-state index contributed by atoms with van der Waals surface area (Å²) in [7, 11) is 0. The lowest BCUT2D eigenvalue weighted by molar-refractivity contribution is 0.669. The van der Waals surface area contributed by atoms with Gasteiger partial charge in [0.25, 0.3) is 0 Å². The minimum atomic E-state index is 0.844. The van der Waals surface area contributed by atoms with Crippen LogP contribution in [0.2, 0.25) is 0 Å². The summed E-state index contributed by atoms with van der Waals surface area (Å²) in [5.74, 6) is 0. The molecule has 12 aromatic rings. The molecule has 60 heavy (non-hydrogen) atoms. The number of fused-ring (bicyclic) bond motifs is 10. The Hall–Kier alpha value is -8.08. The molecule has 0 aliphatic rings. The van der Waals surface area contributed by atoms with Crippen LogP contribution in [-0.4, -0.2) is 0 Å². The van der Waals surface area contributed by atoms with Crippen molar-refractivity contribution < 1.29 is 8.83 Å². The van der Waals surface area contributed by atoms with Crippen molar-refractivity contribution >= 4 is 99.5 Å². The fourth-order valence-corrected chi connectivity index (χ4v) is 9.12. The van der Waals surface area contributed by atoms with E-state index in [1.54, 1.807) is 0 Å². The highest BCUT2D eigenvalue weighted by Gasteiger charge is 2.23. The Morgan fingerprint density at radius 3 is 1.58 bits per heavy atom. The van der Waals surface area contributed by atoms with Crippen molar-refractivity contribution in [1.82, 2.24) is 0 Å². The predicted octanol–water partition coefficient (Wildman–Crippen LogP) is 16.4. The van der Waals surface area contributed by atoms with E-state index in [4.69, 9.17) is 8.83 Å². The van der Waals surface area contributed by atoms with Gasteiger partial charge in [0.05, 0.1) is 11.4 Å². The third-order valence-electron chi connectivity index (χ3n) is 11.8. The normalized spacial score (nSPS) is 11.7. The zero-order valence-electron chi connectivity index (χ0n) is 32.5. The fraction of sp³-hybridized carbons (Fsp3) is 0. The van der Waals surface area contributed by atoms with Crippen LogP contribution in [0, 0.1) is 0 Å². The average molecular weight is 769 g/mol. The molecule has 0 atom stereocenters. The van der Waals surface area contributed by atoms with E-state index in [2.05, 4.69) is 216 Å². The first kappa shape index (κ1) is 34.0. The van der Waals surface area contributed by atoms with Crippen LogP contribution in [0.1, 0.15) is 0 Å². The number of rotatable bonds is 7. The van der Waals surface area contributed by atoms with Crippen LogP contribution < -0.4 is 9.80 Å². The first-order chi connectivity index (χ1) is 29.8. The van der Waals surface area contributed by atoms with Gasteiger partial charge in [0.15, 0.2) is 0 Å². The van der Waals surface area contributed by atoms with Crippen molar-refractivity contribution in [2.24, 2.45) is 0 Å². The predicted molar refractivity (Wildman–Crippen MR) is 251 cm³/mol. The fourth-order valence-electron chi connectivity index (χ4n) is 9.12. The van der Waals surface area contributed by atoms with Gasteiger partial charge in [0, 0.05) is 72.6 Å². The van der Waals surface area contributed by atoms with E-state index < -0.39 is 0 Å². The lowest BCUT2D eigenvalue weighted by atomic mass is 9.98. The molecule has 2 aromatic heterocycles. The minimum Gasteiger partial charge on any atom is -0.456 e. The maximum atomic E-state index is 7.09. The van der Waals surface area contributed by atoms with Crippen LogP contribution in [0.15, 0.2) is 227 Å². The lowest BCUT2D eigenvalue weighted by Gasteiger charge is -2.27. The molecule has 0 spiro atoms. The van der Waals surface area contributed by atoms with Gasteiger partial charge < -0.3 is 18.6 Å². The van der Waals surface area contributed by atoms with Crippen molar-refractivity contribution in [1.29, 1.82) is 0 Å². The Morgan fingerprint density at radius 1 is 0.267 bits per heavy atom. The highest BCUT2D eigenvalue weighted by Crippen LogP contribution is 2.48. The molecule has 4 nitrogen and oxygen atoms in total. The first-order valence-electron chi connectivity index (χ1n) is 20.3. The van der Waals surface area contributed by atoms with Crippen LogP contribution in [0.5, 0.6) is 0 Å². The summed E-state index contributed by atoms with van der Waals surface area (Å²) in [4.78, 5) is 4.67. The number of furan rings is 2. The molecule has 0 saturated carbocycles. The molecule has 0 amide bonds. The van der Waals surface area contributed by atoms with Crippen molar-refractivity contribution in [2.75, 3.05) is 9.80 Å². The molecule has 0 saturated heterocycles. The average Bonchev–Trinajstić information content (AvgIpc) is 3.89. The summed E-state index contributed by atoms with van der Waals surface area (Å²) >= 11 is 0. The monoisotopic (exact) mass is 768 g/mol. The van der Waals surface area contributed by atoms with Crippen LogP contribution in [-0.2, 0) is 0 Å². The van der Waals surface area contributed by atoms with Crippen molar-refractivity contribution in [3.63, 3.8) is 0 Å². The Labute approximate surface area is 346 Å². The third-order valence-corrected chi connectivity index (χ3v) is 11.8. The van der Waals surface area contributed by atoms with Gasteiger partial charge in [0.2, 0.25) is 0 Å². The minimum absolute atomic E-state index is 0.844. The molecule has 10 aromatic carbocycles. The molecule has 0 fully saturated rings. The van der Waals surface area contributed by atoms with Crippen molar-refractivity contribution in [2.45, 2.75) is 0 Å². The topological polar surface area (TPSA) is 32.8 Å². The van der Waals surface area contributed by atoms with Gasteiger partial charge in [-0.05, 0) is 83.2 Å². The summed E-state index contributed by atoms with van der Waals surface area (Å²) in [5.41, 5.74) is 12.1. The first-order valence-corrected chi connectivity index (χ1v) is 20.3. The van der Waals surface area contributed by atoms with E-state index in [9.17, 15) is 0 Å². The van der Waals surface area contributed by atoms with Gasteiger partial charge in [-0.25, -0.2) is 0 Å². The largest absolute Gasteiger partial charge is 0.456 e. The smallest absolute Gasteiger partial charge is 0.143 e. The molecule has 0 bridgehead atoms. The standard InChI is InChI=1S/C56H36N2O2/c1-4-16-37(17-5-1)38-18-14-23-41(34-38)58(42-30-31-46-45-25-12-13-29-52(45)59-53(46)35-42)50-28-15-27-48-44(50)32-33-49-55-47-26-11-10-24-43(47)51(36-54(55)60-56(48)49)57(39-19-6-2-7-20-39)40-21-8-3-9-22-40/h1-36H. The number of nitrogens with zero attached hydrogens (tertiary/aromatic N) is 2.